The summed E-state index contributed by atoms with van der Waals surface area (Å²) < 4.78 is 9.83. The van der Waals surface area contributed by atoms with Crippen molar-refractivity contribution >= 4 is 5.97 Å². The Morgan fingerprint density at radius 2 is 1.86 bits per heavy atom. The molecule has 0 aliphatic rings. The number of benzene rings is 1. The molecule has 0 aliphatic heterocycles. The molecule has 0 aromatic heterocycles. The van der Waals surface area contributed by atoms with Crippen molar-refractivity contribution in [3.63, 3.8) is 0 Å². The van der Waals surface area contributed by atoms with Gasteiger partial charge in [0, 0.05) is 5.56 Å². The second-order valence-electron chi connectivity index (χ2n) is 3.13. The molecule has 1 aromatic rings. The SMILES string of the molecule is COC(=O)c1cc(C)cc(OC)c1C. The monoisotopic (exact) mass is 194 g/mol. The van der Waals surface area contributed by atoms with Crippen LogP contribution in [0.1, 0.15) is 21.5 Å². The normalized spacial score (nSPS) is 9.71. The van der Waals surface area contributed by atoms with Gasteiger partial charge in [0.25, 0.3) is 0 Å². The summed E-state index contributed by atoms with van der Waals surface area (Å²) in [5.74, 6) is 0.384. The molecule has 3 heteroatoms. The third-order valence-electron chi connectivity index (χ3n) is 2.13. The van der Waals surface area contributed by atoms with Gasteiger partial charge in [0.2, 0.25) is 0 Å². The first-order valence-electron chi connectivity index (χ1n) is 4.33. The Morgan fingerprint density at radius 3 is 2.36 bits per heavy atom. The average Bonchev–Trinajstić information content (AvgIpc) is 2.19. The van der Waals surface area contributed by atoms with Gasteiger partial charge in [0.1, 0.15) is 5.75 Å². The molecule has 0 spiro atoms. The molecule has 0 fully saturated rings. The number of rotatable bonds is 2. The highest BCUT2D eigenvalue weighted by molar-refractivity contribution is 5.92. The summed E-state index contributed by atoms with van der Waals surface area (Å²) in [5, 5.41) is 0. The van der Waals surface area contributed by atoms with Crippen LogP contribution in [0.4, 0.5) is 0 Å². The minimum absolute atomic E-state index is 0.329. The Morgan fingerprint density at radius 1 is 1.21 bits per heavy atom. The fourth-order valence-corrected chi connectivity index (χ4v) is 1.36. The van der Waals surface area contributed by atoms with Crippen LogP contribution in [0.2, 0.25) is 0 Å². The van der Waals surface area contributed by atoms with Gasteiger partial charge in [0.05, 0.1) is 19.8 Å². The number of esters is 1. The Bertz CT molecular complexity index is 356. The van der Waals surface area contributed by atoms with E-state index in [1.165, 1.54) is 7.11 Å². The van der Waals surface area contributed by atoms with Crippen LogP contribution in [0.5, 0.6) is 5.75 Å². The molecule has 0 amide bonds. The van der Waals surface area contributed by atoms with Crippen LogP contribution < -0.4 is 4.74 Å². The number of hydrogen-bond donors (Lipinski definition) is 0. The highest BCUT2D eigenvalue weighted by Gasteiger charge is 2.13. The van der Waals surface area contributed by atoms with Gasteiger partial charge in [-0.15, -0.1) is 0 Å². The molecule has 0 aliphatic carbocycles. The third kappa shape index (κ3) is 1.87. The van der Waals surface area contributed by atoms with Gasteiger partial charge >= 0.3 is 5.97 Å². The summed E-state index contributed by atoms with van der Waals surface area (Å²) in [5.41, 5.74) is 2.35. The van der Waals surface area contributed by atoms with Gasteiger partial charge in [-0.1, -0.05) is 0 Å². The number of ether oxygens (including phenoxy) is 2. The van der Waals surface area contributed by atoms with Crippen LogP contribution in [0, 0.1) is 13.8 Å². The molecule has 3 nitrogen and oxygen atoms in total. The van der Waals surface area contributed by atoms with Crippen molar-refractivity contribution in [3.8, 4) is 5.75 Å². The lowest BCUT2D eigenvalue weighted by atomic mass is 10.0. The van der Waals surface area contributed by atoms with E-state index in [-0.39, 0.29) is 5.97 Å². The van der Waals surface area contributed by atoms with Crippen LogP contribution in [0.15, 0.2) is 12.1 Å². The standard InChI is InChI=1S/C11H14O3/c1-7-5-9(11(12)14-4)8(2)10(6-7)13-3/h5-6H,1-4H3. The Hall–Kier alpha value is -1.51. The maximum absolute atomic E-state index is 11.4. The van der Waals surface area contributed by atoms with Crippen molar-refractivity contribution < 1.29 is 14.3 Å². The van der Waals surface area contributed by atoms with E-state index >= 15 is 0 Å². The maximum Gasteiger partial charge on any atom is 0.338 e. The van der Waals surface area contributed by atoms with Crippen molar-refractivity contribution in [2.75, 3.05) is 14.2 Å². The summed E-state index contributed by atoms with van der Waals surface area (Å²) in [4.78, 5) is 11.4. The Balaban J connectivity index is 3.29. The summed E-state index contributed by atoms with van der Waals surface area (Å²) >= 11 is 0. The van der Waals surface area contributed by atoms with Crippen molar-refractivity contribution in [2.45, 2.75) is 13.8 Å². The lowest BCUT2D eigenvalue weighted by molar-refractivity contribution is 0.0599. The second kappa shape index (κ2) is 4.13. The van der Waals surface area contributed by atoms with Crippen molar-refractivity contribution in [1.29, 1.82) is 0 Å². The molecule has 0 saturated heterocycles. The average molecular weight is 194 g/mol. The van der Waals surface area contributed by atoms with Crippen molar-refractivity contribution in [3.05, 3.63) is 28.8 Å². The number of carbonyl (C=O) groups is 1. The molecule has 0 N–H and O–H groups in total. The van der Waals surface area contributed by atoms with Gasteiger partial charge in [-0.3, -0.25) is 0 Å². The number of aryl methyl sites for hydroxylation is 1. The minimum Gasteiger partial charge on any atom is -0.496 e. The highest BCUT2D eigenvalue weighted by atomic mass is 16.5. The largest absolute Gasteiger partial charge is 0.496 e. The topological polar surface area (TPSA) is 35.5 Å². The molecule has 0 saturated carbocycles. The van der Waals surface area contributed by atoms with Crippen LogP contribution in [-0.2, 0) is 4.74 Å². The van der Waals surface area contributed by atoms with E-state index < -0.39 is 0 Å². The number of carbonyl (C=O) groups excluding carboxylic acids is 1. The lowest BCUT2D eigenvalue weighted by Crippen LogP contribution is -2.05. The maximum atomic E-state index is 11.4. The van der Waals surface area contributed by atoms with Gasteiger partial charge in [-0.25, -0.2) is 4.79 Å². The Labute approximate surface area is 83.6 Å². The van der Waals surface area contributed by atoms with E-state index in [4.69, 9.17) is 4.74 Å². The summed E-state index contributed by atoms with van der Waals surface area (Å²) in [6.07, 6.45) is 0. The molecule has 0 heterocycles. The number of methoxy groups -OCH3 is 2. The minimum atomic E-state index is -0.329. The smallest absolute Gasteiger partial charge is 0.338 e. The number of hydrogen-bond acceptors (Lipinski definition) is 3. The first kappa shape index (κ1) is 10.6. The van der Waals surface area contributed by atoms with Crippen LogP contribution in [0.25, 0.3) is 0 Å². The van der Waals surface area contributed by atoms with Gasteiger partial charge in [-0.05, 0) is 31.5 Å². The highest BCUT2D eigenvalue weighted by Crippen LogP contribution is 2.23. The van der Waals surface area contributed by atoms with Gasteiger partial charge < -0.3 is 9.47 Å². The van der Waals surface area contributed by atoms with E-state index in [2.05, 4.69) is 4.74 Å². The lowest BCUT2D eigenvalue weighted by Gasteiger charge is -2.10. The summed E-state index contributed by atoms with van der Waals surface area (Å²) in [6, 6.07) is 3.69. The molecule has 0 unspecified atom stereocenters. The molecule has 1 aromatic carbocycles. The zero-order valence-electron chi connectivity index (χ0n) is 8.88. The van der Waals surface area contributed by atoms with E-state index in [1.807, 2.05) is 19.9 Å². The molecule has 1 rings (SSSR count). The summed E-state index contributed by atoms with van der Waals surface area (Å²) in [6.45, 7) is 3.75. The molecule has 0 radical (unpaired) electrons. The molecule has 0 atom stereocenters. The first-order valence-corrected chi connectivity index (χ1v) is 4.33. The van der Waals surface area contributed by atoms with Gasteiger partial charge in [-0.2, -0.15) is 0 Å². The molecule has 76 valence electrons. The van der Waals surface area contributed by atoms with Crippen molar-refractivity contribution in [2.24, 2.45) is 0 Å². The zero-order chi connectivity index (χ0) is 10.7. The fourth-order valence-electron chi connectivity index (χ4n) is 1.36. The van der Waals surface area contributed by atoms with Crippen molar-refractivity contribution in [1.82, 2.24) is 0 Å². The van der Waals surface area contributed by atoms with Gasteiger partial charge in [0.15, 0.2) is 0 Å². The fraction of sp³-hybridized carbons (Fsp3) is 0.364. The molecule has 14 heavy (non-hydrogen) atoms. The summed E-state index contributed by atoms with van der Waals surface area (Å²) in [7, 11) is 2.96. The first-order chi connectivity index (χ1) is 6.60. The second-order valence-corrected chi connectivity index (χ2v) is 3.13. The predicted molar refractivity (Wildman–Crippen MR) is 53.8 cm³/mol. The predicted octanol–water partition coefficient (Wildman–Crippen LogP) is 2.10. The quantitative estimate of drug-likeness (QED) is 0.676. The van der Waals surface area contributed by atoms with Crippen LogP contribution >= 0.6 is 0 Å². The van der Waals surface area contributed by atoms with E-state index in [0.717, 1.165) is 11.1 Å². The van der Waals surface area contributed by atoms with E-state index in [9.17, 15) is 4.79 Å². The third-order valence-corrected chi connectivity index (χ3v) is 2.13. The van der Waals surface area contributed by atoms with Crippen LogP contribution in [-0.4, -0.2) is 20.2 Å². The zero-order valence-corrected chi connectivity index (χ0v) is 8.88. The van der Waals surface area contributed by atoms with E-state index in [0.29, 0.717) is 11.3 Å². The van der Waals surface area contributed by atoms with E-state index in [1.54, 1.807) is 13.2 Å². The molecular formula is C11H14O3. The molecular weight excluding hydrogens is 180 g/mol. The Kier molecular flexibility index (Phi) is 3.12. The molecule has 0 bridgehead atoms. The van der Waals surface area contributed by atoms with Crippen LogP contribution in [0.3, 0.4) is 0 Å².